The average Bonchev–Trinajstić information content (AvgIpc) is 2.29. The van der Waals surface area contributed by atoms with E-state index in [4.69, 9.17) is 4.74 Å². The van der Waals surface area contributed by atoms with Gasteiger partial charge in [0.05, 0.1) is 6.61 Å². The van der Waals surface area contributed by atoms with Gasteiger partial charge in [-0.25, -0.2) is 0 Å². The molecule has 0 N–H and O–H groups in total. The number of ether oxygens (including phenoxy) is 1. The molecule has 1 atom stereocenters. The van der Waals surface area contributed by atoms with Crippen molar-refractivity contribution in [3.63, 3.8) is 0 Å². The summed E-state index contributed by atoms with van der Waals surface area (Å²) in [7, 11) is 0. The van der Waals surface area contributed by atoms with E-state index in [2.05, 4.69) is 38.6 Å². The SMILES string of the molecule is C=CCC(CC)c1cc(C)ccc1OCC. The third kappa shape index (κ3) is 3.13. The van der Waals surface area contributed by atoms with E-state index in [1.54, 1.807) is 0 Å². The lowest BCUT2D eigenvalue weighted by Gasteiger charge is -2.18. The number of rotatable bonds is 6. The maximum Gasteiger partial charge on any atom is 0.122 e. The van der Waals surface area contributed by atoms with Crippen molar-refractivity contribution >= 4 is 0 Å². The van der Waals surface area contributed by atoms with Crippen LogP contribution in [0.4, 0.5) is 0 Å². The minimum absolute atomic E-state index is 0.527. The van der Waals surface area contributed by atoms with Gasteiger partial charge in [-0.2, -0.15) is 0 Å². The Balaban J connectivity index is 3.05. The highest BCUT2D eigenvalue weighted by Crippen LogP contribution is 2.32. The molecule has 1 heteroatoms. The fourth-order valence-corrected chi connectivity index (χ4v) is 1.99. The van der Waals surface area contributed by atoms with E-state index >= 15 is 0 Å². The zero-order chi connectivity index (χ0) is 12.0. The van der Waals surface area contributed by atoms with Crippen LogP contribution in [0.15, 0.2) is 30.9 Å². The minimum atomic E-state index is 0.527. The molecule has 0 fully saturated rings. The number of aryl methyl sites for hydroxylation is 1. The Hall–Kier alpha value is -1.24. The first kappa shape index (κ1) is 12.8. The van der Waals surface area contributed by atoms with Gasteiger partial charge in [-0.1, -0.05) is 30.7 Å². The van der Waals surface area contributed by atoms with Gasteiger partial charge in [0.25, 0.3) is 0 Å². The molecule has 0 aliphatic carbocycles. The van der Waals surface area contributed by atoms with E-state index in [9.17, 15) is 0 Å². The lowest BCUT2D eigenvalue weighted by molar-refractivity contribution is 0.333. The van der Waals surface area contributed by atoms with Crippen molar-refractivity contribution in [3.05, 3.63) is 42.0 Å². The predicted molar refractivity (Wildman–Crippen MR) is 70.2 cm³/mol. The van der Waals surface area contributed by atoms with E-state index in [0.29, 0.717) is 5.92 Å². The van der Waals surface area contributed by atoms with Gasteiger partial charge in [-0.15, -0.1) is 6.58 Å². The van der Waals surface area contributed by atoms with Crippen LogP contribution < -0.4 is 4.74 Å². The summed E-state index contributed by atoms with van der Waals surface area (Å²) in [4.78, 5) is 0. The molecule has 0 amide bonds. The number of benzene rings is 1. The van der Waals surface area contributed by atoms with Gasteiger partial charge in [0.15, 0.2) is 0 Å². The second-order valence-electron chi connectivity index (χ2n) is 4.10. The van der Waals surface area contributed by atoms with Crippen LogP contribution in [-0.4, -0.2) is 6.61 Å². The van der Waals surface area contributed by atoms with Gasteiger partial charge in [0, 0.05) is 0 Å². The summed E-state index contributed by atoms with van der Waals surface area (Å²) >= 11 is 0. The lowest BCUT2D eigenvalue weighted by atomic mass is 9.91. The Morgan fingerprint density at radius 1 is 1.38 bits per heavy atom. The maximum atomic E-state index is 5.69. The molecule has 1 rings (SSSR count). The van der Waals surface area contributed by atoms with Crippen LogP contribution in [0.3, 0.4) is 0 Å². The van der Waals surface area contributed by atoms with Crippen LogP contribution in [-0.2, 0) is 0 Å². The summed E-state index contributed by atoms with van der Waals surface area (Å²) < 4.78 is 5.69. The van der Waals surface area contributed by atoms with Crippen LogP contribution in [0.5, 0.6) is 5.75 Å². The third-order valence-electron chi connectivity index (χ3n) is 2.85. The topological polar surface area (TPSA) is 9.23 Å². The van der Waals surface area contributed by atoms with E-state index in [0.717, 1.165) is 25.2 Å². The molecule has 16 heavy (non-hydrogen) atoms. The highest BCUT2D eigenvalue weighted by Gasteiger charge is 2.13. The molecule has 1 aromatic rings. The predicted octanol–water partition coefficient (Wildman–Crippen LogP) is 4.46. The summed E-state index contributed by atoms with van der Waals surface area (Å²) in [6.07, 6.45) is 4.13. The first-order chi connectivity index (χ1) is 7.72. The molecule has 0 aliphatic rings. The molecular weight excluding hydrogens is 196 g/mol. The highest BCUT2D eigenvalue weighted by atomic mass is 16.5. The summed E-state index contributed by atoms with van der Waals surface area (Å²) in [5, 5.41) is 0. The Kier molecular flexibility index (Phi) is 5.10. The van der Waals surface area contributed by atoms with Crippen molar-refractivity contribution in [1.82, 2.24) is 0 Å². The fraction of sp³-hybridized carbons (Fsp3) is 0.467. The summed E-state index contributed by atoms with van der Waals surface area (Å²) in [5.74, 6) is 1.56. The van der Waals surface area contributed by atoms with Crippen molar-refractivity contribution in [2.75, 3.05) is 6.61 Å². The first-order valence-electron chi connectivity index (χ1n) is 6.07. The van der Waals surface area contributed by atoms with E-state index < -0.39 is 0 Å². The number of hydrogen-bond donors (Lipinski definition) is 0. The standard InChI is InChI=1S/C15H22O/c1-5-8-13(6-2)14-11-12(4)9-10-15(14)16-7-3/h5,9-11,13H,1,6-8H2,2-4H3. The molecular formula is C15H22O. The van der Waals surface area contributed by atoms with Gasteiger partial charge < -0.3 is 4.74 Å². The van der Waals surface area contributed by atoms with E-state index in [1.165, 1.54) is 11.1 Å². The molecule has 0 aromatic heterocycles. The van der Waals surface area contributed by atoms with E-state index in [1.807, 2.05) is 13.0 Å². The van der Waals surface area contributed by atoms with Gasteiger partial charge >= 0.3 is 0 Å². The Morgan fingerprint density at radius 3 is 2.69 bits per heavy atom. The van der Waals surface area contributed by atoms with Gasteiger partial charge in [0.1, 0.15) is 5.75 Å². The summed E-state index contributed by atoms with van der Waals surface area (Å²) in [6.45, 7) is 10.9. The van der Waals surface area contributed by atoms with Crippen molar-refractivity contribution in [2.45, 2.75) is 39.5 Å². The van der Waals surface area contributed by atoms with Crippen molar-refractivity contribution in [3.8, 4) is 5.75 Å². The molecule has 0 bridgehead atoms. The van der Waals surface area contributed by atoms with Crippen LogP contribution in [0.25, 0.3) is 0 Å². The van der Waals surface area contributed by atoms with Crippen LogP contribution in [0.2, 0.25) is 0 Å². The Morgan fingerprint density at radius 2 is 2.12 bits per heavy atom. The third-order valence-corrected chi connectivity index (χ3v) is 2.85. The molecule has 0 spiro atoms. The molecule has 1 aromatic carbocycles. The molecule has 1 nitrogen and oxygen atoms in total. The highest BCUT2D eigenvalue weighted by molar-refractivity contribution is 5.39. The molecule has 1 unspecified atom stereocenters. The lowest BCUT2D eigenvalue weighted by Crippen LogP contribution is -2.02. The molecule has 0 aliphatic heterocycles. The quantitative estimate of drug-likeness (QED) is 0.640. The van der Waals surface area contributed by atoms with Gasteiger partial charge in [0.2, 0.25) is 0 Å². The van der Waals surface area contributed by atoms with Crippen molar-refractivity contribution in [2.24, 2.45) is 0 Å². The number of hydrogen-bond acceptors (Lipinski definition) is 1. The molecule has 0 radical (unpaired) electrons. The second-order valence-corrected chi connectivity index (χ2v) is 4.10. The van der Waals surface area contributed by atoms with Crippen LogP contribution in [0, 0.1) is 6.92 Å². The van der Waals surface area contributed by atoms with E-state index in [-0.39, 0.29) is 0 Å². The summed E-state index contributed by atoms with van der Waals surface area (Å²) in [5.41, 5.74) is 2.62. The number of allylic oxidation sites excluding steroid dienone is 1. The molecule has 0 heterocycles. The van der Waals surface area contributed by atoms with Crippen molar-refractivity contribution < 1.29 is 4.74 Å². The monoisotopic (exact) mass is 218 g/mol. The van der Waals surface area contributed by atoms with Crippen LogP contribution >= 0.6 is 0 Å². The molecule has 0 saturated carbocycles. The first-order valence-corrected chi connectivity index (χ1v) is 6.07. The zero-order valence-electron chi connectivity index (χ0n) is 10.6. The Labute approximate surface area is 99.1 Å². The average molecular weight is 218 g/mol. The zero-order valence-corrected chi connectivity index (χ0v) is 10.6. The molecule has 88 valence electrons. The largest absolute Gasteiger partial charge is 0.494 e. The minimum Gasteiger partial charge on any atom is -0.494 e. The van der Waals surface area contributed by atoms with Gasteiger partial charge in [-0.3, -0.25) is 0 Å². The Bertz CT molecular complexity index is 341. The second kappa shape index (κ2) is 6.37. The van der Waals surface area contributed by atoms with Crippen LogP contribution in [0.1, 0.15) is 43.7 Å². The normalized spacial score (nSPS) is 12.2. The summed E-state index contributed by atoms with van der Waals surface area (Å²) in [6, 6.07) is 6.43. The fourth-order valence-electron chi connectivity index (χ4n) is 1.99. The smallest absolute Gasteiger partial charge is 0.122 e. The maximum absolute atomic E-state index is 5.69. The van der Waals surface area contributed by atoms with Gasteiger partial charge in [-0.05, 0) is 44.2 Å². The molecule has 0 saturated heterocycles. The van der Waals surface area contributed by atoms with Crippen molar-refractivity contribution in [1.29, 1.82) is 0 Å².